The van der Waals surface area contributed by atoms with Crippen LogP contribution in [0.4, 0.5) is 0 Å². The summed E-state index contributed by atoms with van der Waals surface area (Å²) in [4.78, 5) is 0. The number of hydrogen-bond donors (Lipinski definition) is 0. The minimum atomic E-state index is -0.109. The first kappa shape index (κ1) is 34.7. The molecular weight excluding hydrogens is 697 g/mol. The largest absolute Gasteiger partial charge is 0.0838 e. The Kier molecular flexibility index (Phi) is 7.79. The van der Waals surface area contributed by atoms with Gasteiger partial charge in [-0.2, -0.15) is 0 Å². The molecule has 58 heavy (non-hydrogen) atoms. The second kappa shape index (κ2) is 13.0. The highest BCUT2D eigenvalue weighted by molar-refractivity contribution is 5.88. The molecule has 0 N–H and O–H groups in total. The van der Waals surface area contributed by atoms with Crippen LogP contribution in [-0.2, 0) is 23.7 Å². The SMILES string of the molecule is CC1(C)c2ccccc2-c2ccc(-c3ccc4c(c3)C(C)(C)c3cc(-c5ccc(-c6ccc(-c7ccc(-c8ccccc8)c8c7CC=CC8)cc6)cc5)ccc3-4)cc21. The van der Waals surface area contributed by atoms with Crippen LogP contribution in [0.5, 0.6) is 0 Å². The van der Waals surface area contributed by atoms with Crippen LogP contribution < -0.4 is 0 Å². The lowest BCUT2D eigenvalue weighted by atomic mass is 9.80. The Labute approximate surface area is 343 Å². The molecule has 0 saturated carbocycles. The van der Waals surface area contributed by atoms with Crippen LogP contribution >= 0.6 is 0 Å². The van der Waals surface area contributed by atoms with Gasteiger partial charge in [0, 0.05) is 10.8 Å². The predicted molar refractivity (Wildman–Crippen MR) is 245 cm³/mol. The summed E-state index contributed by atoms with van der Waals surface area (Å²) in [5.74, 6) is 0. The zero-order chi connectivity index (χ0) is 39.2. The Bertz CT molecular complexity index is 2950. The highest BCUT2D eigenvalue weighted by Gasteiger charge is 2.37. The van der Waals surface area contributed by atoms with E-state index in [1.165, 1.54) is 111 Å². The summed E-state index contributed by atoms with van der Waals surface area (Å²) in [6.07, 6.45) is 6.60. The molecule has 0 amide bonds. The van der Waals surface area contributed by atoms with Crippen LogP contribution in [0, 0.1) is 0 Å². The molecule has 0 aromatic heterocycles. The second-order valence-corrected chi connectivity index (χ2v) is 17.6. The van der Waals surface area contributed by atoms with Crippen molar-refractivity contribution in [3.63, 3.8) is 0 Å². The Morgan fingerprint density at radius 1 is 0.276 bits per heavy atom. The molecule has 8 aromatic rings. The molecule has 0 atom stereocenters. The minimum Gasteiger partial charge on any atom is -0.0838 e. The third-order valence-electron chi connectivity index (χ3n) is 13.7. The van der Waals surface area contributed by atoms with Gasteiger partial charge in [-0.3, -0.25) is 0 Å². The van der Waals surface area contributed by atoms with Gasteiger partial charge in [-0.1, -0.05) is 192 Å². The molecule has 0 radical (unpaired) electrons. The molecule has 0 nitrogen and oxygen atoms in total. The maximum Gasteiger partial charge on any atom is 0.0159 e. The molecule has 0 saturated heterocycles. The lowest BCUT2D eigenvalue weighted by molar-refractivity contribution is 0.659. The molecule has 3 aliphatic carbocycles. The smallest absolute Gasteiger partial charge is 0.0159 e. The Balaban J connectivity index is 0.852. The first-order valence-electron chi connectivity index (χ1n) is 20.9. The van der Waals surface area contributed by atoms with Gasteiger partial charge in [0.05, 0.1) is 0 Å². The van der Waals surface area contributed by atoms with E-state index < -0.39 is 0 Å². The summed E-state index contributed by atoms with van der Waals surface area (Å²) in [6.45, 7) is 9.51. The molecule has 0 unspecified atom stereocenters. The lowest BCUT2D eigenvalue weighted by Gasteiger charge is -2.23. The summed E-state index contributed by atoms with van der Waals surface area (Å²) >= 11 is 0. The first-order chi connectivity index (χ1) is 28.3. The molecular formula is C58H46. The fourth-order valence-corrected chi connectivity index (χ4v) is 10.4. The fraction of sp³-hybridized carbons (Fsp3) is 0.138. The highest BCUT2D eigenvalue weighted by Crippen LogP contribution is 2.52. The predicted octanol–water partition coefficient (Wildman–Crippen LogP) is 15.3. The van der Waals surface area contributed by atoms with E-state index in [0.717, 1.165) is 12.8 Å². The Hall–Kier alpha value is -6.50. The Morgan fingerprint density at radius 3 is 1.10 bits per heavy atom. The van der Waals surface area contributed by atoms with Gasteiger partial charge in [0.15, 0.2) is 0 Å². The second-order valence-electron chi connectivity index (χ2n) is 17.6. The monoisotopic (exact) mass is 742 g/mol. The van der Waals surface area contributed by atoms with Crippen molar-refractivity contribution in [1.82, 2.24) is 0 Å². The van der Waals surface area contributed by atoms with Crippen LogP contribution in [0.3, 0.4) is 0 Å². The molecule has 0 fully saturated rings. The average molecular weight is 743 g/mol. The number of benzene rings is 8. The van der Waals surface area contributed by atoms with Gasteiger partial charge in [0.2, 0.25) is 0 Å². The van der Waals surface area contributed by atoms with Gasteiger partial charge < -0.3 is 0 Å². The van der Waals surface area contributed by atoms with Crippen molar-refractivity contribution in [2.45, 2.75) is 51.4 Å². The van der Waals surface area contributed by atoms with Gasteiger partial charge in [-0.25, -0.2) is 0 Å². The summed E-state index contributed by atoms with van der Waals surface area (Å²) < 4.78 is 0. The normalized spacial score (nSPS) is 15.0. The fourth-order valence-electron chi connectivity index (χ4n) is 10.4. The van der Waals surface area contributed by atoms with Gasteiger partial charge in [0.1, 0.15) is 0 Å². The molecule has 278 valence electrons. The topological polar surface area (TPSA) is 0 Å². The zero-order valence-corrected chi connectivity index (χ0v) is 33.7. The van der Waals surface area contributed by atoms with Gasteiger partial charge >= 0.3 is 0 Å². The third-order valence-corrected chi connectivity index (χ3v) is 13.7. The van der Waals surface area contributed by atoms with Crippen molar-refractivity contribution < 1.29 is 0 Å². The van der Waals surface area contributed by atoms with Crippen molar-refractivity contribution in [1.29, 1.82) is 0 Å². The standard InChI is InChI=1S/C58H46/c1-57(2)53-17-11-10-16-49(53)50-30-27-43(35-54(50)57)44-28-31-52-51-29-26-42(34-55(51)58(3,4)56(52)36-44)39-20-18-37(19-21-39)38-22-24-41(25-23-38)46-33-32-45(40-12-6-5-7-13-40)47-14-8-9-15-48(46)47/h5-13,16-36H,14-15H2,1-4H3. The van der Waals surface area contributed by atoms with Crippen molar-refractivity contribution in [2.24, 2.45) is 0 Å². The molecule has 0 heterocycles. The van der Waals surface area contributed by atoms with E-state index in [2.05, 4.69) is 210 Å². The van der Waals surface area contributed by atoms with Crippen LogP contribution in [0.1, 0.15) is 61.1 Å². The maximum atomic E-state index is 2.46. The van der Waals surface area contributed by atoms with E-state index in [-0.39, 0.29) is 10.8 Å². The van der Waals surface area contributed by atoms with Crippen molar-refractivity contribution in [2.75, 3.05) is 0 Å². The summed E-state index contributed by atoms with van der Waals surface area (Å²) in [5, 5.41) is 0. The summed E-state index contributed by atoms with van der Waals surface area (Å²) in [5.41, 5.74) is 26.7. The van der Waals surface area contributed by atoms with E-state index in [9.17, 15) is 0 Å². The third kappa shape index (κ3) is 5.35. The van der Waals surface area contributed by atoms with Gasteiger partial charge in [-0.05, 0) is 142 Å². The van der Waals surface area contributed by atoms with E-state index in [4.69, 9.17) is 0 Å². The molecule has 0 spiro atoms. The zero-order valence-electron chi connectivity index (χ0n) is 33.7. The highest BCUT2D eigenvalue weighted by atomic mass is 14.4. The quantitative estimate of drug-likeness (QED) is 0.154. The number of allylic oxidation sites excluding steroid dienone is 2. The van der Waals surface area contributed by atoms with E-state index in [1.807, 2.05) is 0 Å². The van der Waals surface area contributed by atoms with E-state index >= 15 is 0 Å². The number of rotatable bonds is 5. The van der Waals surface area contributed by atoms with Crippen LogP contribution in [-0.4, -0.2) is 0 Å². The molecule has 0 aliphatic heterocycles. The summed E-state index contributed by atoms with van der Waals surface area (Å²) in [6, 6.07) is 64.0. The van der Waals surface area contributed by atoms with Crippen LogP contribution in [0.15, 0.2) is 182 Å². The van der Waals surface area contributed by atoms with E-state index in [1.54, 1.807) is 0 Å². The molecule has 8 aromatic carbocycles. The molecule has 0 heteroatoms. The van der Waals surface area contributed by atoms with Crippen molar-refractivity contribution >= 4 is 0 Å². The van der Waals surface area contributed by atoms with Crippen LogP contribution in [0.2, 0.25) is 0 Å². The maximum absolute atomic E-state index is 2.46. The molecule has 0 bridgehead atoms. The first-order valence-corrected chi connectivity index (χ1v) is 20.9. The van der Waals surface area contributed by atoms with Crippen molar-refractivity contribution in [3.8, 4) is 77.9 Å². The number of hydrogen-bond acceptors (Lipinski definition) is 0. The van der Waals surface area contributed by atoms with Crippen LogP contribution in [0.25, 0.3) is 77.9 Å². The van der Waals surface area contributed by atoms with Gasteiger partial charge in [-0.15, -0.1) is 0 Å². The Morgan fingerprint density at radius 2 is 0.603 bits per heavy atom. The van der Waals surface area contributed by atoms with Crippen molar-refractivity contribution in [3.05, 3.63) is 215 Å². The lowest BCUT2D eigenvalue weighted by Crippen LogP contribution is -2.15. The minimum absolute atomic E-state index is 0.0122. The van der Waals surface area contributed by atoms with Gasteiger partial charge in [0.25, 0.3) is 0 Å². The van der Waals surface area contributed by atoms with E-state index in [0.29, 0.717) is 0 Å². The molecule has 3 aliphatic rings. The number of fused-ring (bicyclic) bond motifs is 7. The average Bonchev–Trinajstić information content (AvgIpc) is 3.65. The summed E-state index contributed by atoms with van der Waals surface area (Å²) in [7, 11) is 0. The molecule has 11 rings (SSSR count).